The van der Waals surface area contributed by atoms with Crippen molar-refractivity contribution in [2.24, 2.45) is 5.92 Å². The summed E-state index contributed by atoms with van der Waals surface area (Å²) >= 11 is 0. The van der Waals surface area contributed by atoms with Crippen LogP contribution in [0.3, 0.4) is 0 Å². The third kappa shape index (κ3) is 6.00. The van der Waals surface area contributed by atoms with E-state index in [1.165, 1.54) is 11.8 Å². The van der Waals surface area contributed by atoms with E-state index >= 15 is 0 Å². The molecule has 1 N–H and O–H groups in total. The molecule has 0 aliphatic carbocycles. The molecule has 3 heterocycles. The first-order valence-corrected chi connectivity index (χ1v) is 13.1. The standard InChI is InChI=1S/C25H33N5O2S/c1-20-17-21(2)30(28-20)14-6-13-26-25-10-9-24(19-27-25)33(31,32)29-15-11-23(12-16-29)18-22-7-4-3-5-8-22/h3-5,7-10,17,19,23H,6,11-16,18H2,1-2H3,(H,26,27). The fourth-order valence-electron chi connectivity index (χ4n) is 4.43. The molecule has 4 rings (SSSR count). The molecule has 0 amide bonds. The molecule has 0 unspecified atom stereocenters. The van der Waals surface area contributed by atoms with Crippen molar-refractivity contribution >= 4 is 15.8 Å². The molecule has 0 saturated carbocycles. The van der Waals surface area contributed by atoms with Gasteiger partial charge in [0.1, 0.15) is 10.7 Å². The first-order chi connectivity index (χ1) is 15.9. The van der Waals surface area contributed by atoms with Crippen LogP contribution in [0.1, 0.15) is 36.2 Å². The Morgan fingerprint density at radius 2 is 1.82 bits per heavy atom. The highest BCUT2D eigenvalue weighted by Crippen LogP contribution is 2.26. The predicted molar refractivity (Wildman–Crippen MR) is 131 cm³/mol. The Morgan fingerprint density at radius 1 is 1.06 bits per heavy atom. The topological polar surface area (TPSA) is 80.1 Å². The Balaban J connectivity index is 1.25. The van der Waals surface area contributed by atoms with Crippen LogP contribution in [0, 0.1) is 19.8 Å². The van der Waals surface area contributed by atoms with Gasteiger partial charge in [0, 0.05) is 38.1 Å². The van der Waals surface area contributed by atoms with Gasteiger partial charge in [-0.1, -0.05) is 30.3 Å². The molecular formula is C25H33N5O2S. The third-order valence-corrected chi connectivity index (χ3v) is 8.15. The molecule has 3 aromatic rings. The van der Waals surface area contributed by atoms with Crippen molar-refractivity contribution in [1.29, 1.82) is 0 Å². The Bertz CT molecular complexity index is 1140. The second-order valence-corrected chi connectivity index (χ2v) is 10.8. The van der Waals surface area contributed by atoms with Gasteiger partial charge in [-0.2, -0.15) is 9.40 Å². The highest BCUT2D eigenvalue weighted by atomic mass is 32.2. The summed E-state index contributed by atoms with van der Waals surface area (Å²) in [5.74, 6) is 1.21. The molecule has 8 heteroatoms. The van der Waals surface area contributed by atoms with Crippen molar-refractivity contribution < 1.29 is 8.42 Å². The largest absolute Gasteiger partial charge is 0.370 e. The summed E-state index contributed by atoms with van der Waals surface area (Å²) in [7, 11) is -3.51. The van der Waals surface area contributed by atoms with Gasteiger partial charge in [-0.05, 0) is 69.2 Å². The summed E-state index contributed by atoms with van der Waals surface area (Å²) < 4.78 is 29.7. The van der Waals surface area contributed by atoms with Crippen LogP contribution < -0.4 is 5.32 Å². The van der Waals surface area contributed by atoms with E-state index in [1.54, 1.807) is 16.4 Å². The van der Waals surface area contributed by atoms with Gasteiger partial charge in [0.05, 0.1) is 5.69 Å². The summed E-state index contributed by atoms with van der Waals surface area (Å²) in [4.78, 5) is 4.60. The van der Waals surface area contributed by atoms with E-state index in [0.29, 0.717) is 24.8 Å². The Morgan fingerprint density at radius 3 is 2.45 bits per heavy atom. The molecule has 176 valence electrons. The summed E-state index contributed by atoms with van der Waals surface area (Å²) in [6.07, 6.45) is 5.15. The van der Waals surface area contributed by atoms with E-state index in [1.807, 2.05) is 17.7 Å². The van der Waals surface area contributed by atoms with Crippen LogP contribution in [0.15, 0.2) is 59.6 Å². The number of sulfonamides is 1. The molecule has 0 atom stereocenters. The van der Waals surface area contributed by atoms with E-state index in [4.69, 9.17) is 0 Å². The number of benzene rings is 1. The average molecular weight is 468 g/mol. The maximum absolute atomic E-state index is 13.1. The number of nitrogens with zero attached hydrogens (tertiary/aromatic N) is 4. The number of pyridine rings is 1. The molecule has 7 nitrogen and oxygen atoms in total. The minimum Gasteiger partial charge on any atom is -0.370 e. The molecule has 1 aliphatic rings. The number of anilines is 1. The summed E-state index contributed by atoms with van der Waals surface area (Å²) in [6.45, 7) is 6.75. The summed E-state index contributed by atoms with van der Waals surface area (Å²) in [5, 5.41) is 7.73. The molecule has 33 heavy (non-hydrogen) atoms. The molecule has 1 aromatic carbocycles. The highest BCUT2D eigenvalue weighted by molar-refractivity contribution is 7.89. The zero-order valence-electron chi connectivity index (χ0n) is 19.4. The predicted octanol–water partition coefficient (Wildman–Crippen LogP) is 4.04. The van der Waals surface area contributed by atoms with E-state index in [9.17, 15) is 8.42 Å². The Kier molecular flexibility index (Phi) is 7.45. The number of nitrogens with one attached hydrogen (secondary N) is 1. The van der Waals surface area contributed by atoms with Crippen LogP contribution in [-0.4, -0.2) is 47.1 Å². The fraction of sp³-hybridized carbons (Fsp3) is 0.440. The maximum atomic E-state index is 13.1. The molecule has 1 saturated heterocycles. The molecule has 2 aromatic heterocycles. The van der Waals surface area contributed by atoms with Crippen molar-refractivity contribution in [3.63, 3.8) is 0 Å². The smallest absolute Gasteiger partial charge is 0.244 e. The van der Waals surface area contributed by atoms with Gasteiger partial charge in [-0.3, -0.25) is 4.68 Å². The van der Waals surface area contributed by atoms with Gasteiger partial charge in [-0.25, -0.2) is 13.4 Å². The number of piperidine rings is 1. The van der Waals surface area contributed by atoms with Gasteiger partial charge in [0.15, 0.2) is 0 Å². The fourth-order valence-corrected chi connectivity index (χ4v) is 5.85. The molecular weight excluding hydrogens is 434 g/mol. The zero-order chi connectivity index (χ0) is 23.3. The summed E-state index contributed by atoms with van der Waals surface area (Å²) in [5.41, 5.74) is 3.50. The first-order valence-electron chi connectivity index (χ1n) is 11.7. The van der Waals surface area contributed by atoms with Gasteiger partial charge in [0.25, 0.3) is 0 Å². The van der Waals surface area contributed by atoms with E-state index in [0.717, 1.165) is 50.2 Å². The lowest BCUT2D eigenvalue weighted by atomic mass is 9.91. The van der Waals surface area contributed by atoms with E-state index in [-0.39, 0.29) is 4.90 Å². The SMILES string of the molecule is Cc1cc(C)n(CCCNc2ccc(S(=O)(=O)N3CCC(Cc4ccccc4)CC3)cn2)n1. The third-order valence-electron chi connectivity index (χ3n) is 6.27. The molecule has 0 radical (unpaired) electrons. The van der Waals surface area contributed by atoms with E-state index < -0.39 is 10.0 Å². The molecule has 1 fully saturated rings. The minimum atomic E-state index is -3.51. The van der Waals surface area contributed by atoms with Crippen LogP contribution >= 0.6 is 0 Å². The maximum Gasteiger partial charge on any atom is 0.244 e. The number of hydrogen-bond acceptors (Lipinski definition) is 5. The Hall–Kier alpha value is -2.71. The van der Waals surface area contributed by atoms with E-state index in [2.05, 4.69) is 52.7 Å². The molecule has 0 spiro atoms. The monoisotopic (exact) mass is 467 g/mol. The lowest BCUT2D eigenvalue weighted by Gasteiger charge is -2.31. The quantitative estimate of drug-likeness (QED) is 0.481. The Labute approximate surface area is 196 Å². The van der Waals surface area contributed by atoms with Gasteiger partial charge in [-0.15, -0.1) is 0 Å². The van der Waals surface area contributed by atoms with Crippen molar-refractivity contribution in [3.8, 4) is 0 Å². The van der Waals surface area contributed by atoms with Crippen molar-refractivity contribution in [3.05, 3.63) is 71.7 Å². The van der Waals surface area contributed by atoms with Crippen LogP contribution in [0.4, 0.5) is 5.82 Å². The van der Waals surface area contributed by atoms with Crippen LogP contribution in [0.5, 0.6) is 0 Å². The van der Waals surface area contributed by atoms with Crippen molar-refractivity contribution in [2.45, 2.75) is 51.0 Å². The second-order valence-electron chi connectivity index (χ2n) is 8.85. The van der Waals surface area contributed by atoms with Crippen LogP contribution in [-0.2, 0) is 23.0 Å². The molecule has 1 aliphatic heterocycles. The lowest BCUT2D eigenvalue weighted by Crippen LogP contribution is -2.38. The van der Waals surface area contributed by atoms with Crippen molar-refractivity contribution in [2.75, 3.05) is 25.0 Å². The van der Waals surface area contributed by atoms with Crippen LogP contribution in [0.2, 0.25) is 0 Å². The zero-order valence-corrected chi connectivity index (χ0v) is 20.3. The van der Waals surface area contributed by atoms with Crippen LogP contribution in [0.25, 0.3) is 0 Å². The van der Waals surface area contributed by atoms with Crippen molar-refractivity contribution in [1.82, 2.24) is 19.1 Å². The number of aryl methyl sites for hydroxylation is 3. The van der Waals surface area contributed by atoms with Gasteiger partial charge >= 0.3 is 0 Å². The molecule has 0 bridgehead atoms. The highest BCUT2D eigenvalue weighted by Gasteiger charge is 2.29. The van der Waals surface area contributed by atoms with Gasteiger partial charge < -0.3 is 5.32 Å². The lowest BCUT2D eigenvalue weighted by molar-refractivity contribution is 0.273. The number of rotatable bonds is 9. The normalized spacial score (nSPS) is 15.6. The van der Waals surface area contributed by atoms with Gasteiger partial charge in [0.2, 0.25) is 10.0 Å². The number of hydrogen-bond donors (Lipinski definition) is 1. The second kappa shape index (κ2) is 10.5. The minimum absolute atomic E-state index is 0.261. The summed E-state index contributed by atoms with van der Waals surface area (Å²) in [6, 6.07) is 15.9. The number of aromatic nitrogens is 3. The first kappa shape index (κ1) is 23.4. The average Bonchev–Trinajstić information content (AvgIpc) is 3.15.